The number of carbonyl (C=O) groups excluding carboxylic acids is 2. The van der Waals surface area contributed by atoms with Crippen molar-refractivity contribution in [1.29, 1.82) is 0 Å². The smallest absolute Gasteiger partial charge is 0.274 e. The van der Waals surface area contributed by atoms with Crippen LogP contribution in [0.1, 0.15) is 20.8 Å². The monoisotopic (exact) mass is 475 g/mol. The lowest BCUT2D eigenvalue weighted by Gasteiger charge is -2.09. The summed E-state index contributed by atoms with van der Waals surface area (Å²) in [6.45, 7) is 0. The maximum atomic E-state index is 12.4. The van der Waals surface area contributed by atoms with E-state index < -0.39 is 21.7 Å². The van der Waals surface area contributed by atoms with Crippen LogP contribution in [0, 0.1) is 20.2 Å². The number of hydrogen-bond acceptors (Lipinski definition) is 7. The first kappa shape index (κ1) is 22.6. The Kier molecular flexibility index (Phi) is 6.61. The maximum Gasteiger partial charge on any atom is 0.274 e. The van der Waals surface area contributed by atoms with Gasteiger partial charge in [-0.3, -0.25) is 34.8 Å². The van der Waals surface area contributed by atoms with Crippen molar-refractivity contribution in [2.24, 2.45) is 0 Å². The molecule has 0 spiro atoms. The molecule has 2 aromatic carbocycles. The highest BCUT2D eigenvalue weighted by Crippen LogP contribution is 2.28. The summed E-state index contributed by atoms with van der Waals surface area (Å²) in [4.78, 5) is 49.2. The van der Waals surface area contributed by atoms with Gasteiger partial charge in [-0.1, -0.05) is 23.2 Å². The van der Waals surface area contributed by atoms with E-state index in [1.54, 1.807) is 0 Å². The molecule has 3 rings (SSSR count). The normalized spacial score (nSPS) is 10.3. The SMILES string of the molecule is O=C(Nc1cc([N+](=O)[O-])ccc1Cl)c1ccc(C(=O)Nc2cc([N+](=O)[O-])ccc2Cl)nc1. The van der Waals surface area contributed by atoms with Gasteiger partial charge in [0, 0.05) is 30.5 Å². The van der Waals surface area contributed by atoms with Crippen LogP contribution in [-0.4, -0.2) is 26.6 Å². The average molecular weight is 476 g/mol. The molecule has 1 aromatic heterocycles. The van der Waals surface area contributed by atoms with Crippen LogP contribution in [0.4, 0.5) is 22.7 Å². The van der Waals surface area contributed by atoms with Gasteiger partial charge in [-0.25, -0.2) is 0 Å². The number of anilines is 2. The van der Waals surface area contributed by atoms with E-state index in [1.807, 2.05) is 0 Å². The molecule has 0 aliphatic heterocycles. The van der Waals surface area contributed by atoms with Crippen LogP contribution in [0.5, 0.6) is 0 Å². The summed E-state index contributed by atoms with van der Waals surface area (Å²) in [5.74, 6) is -1.37. The topological polar surface area (TPSA) is 157 Å². The van der Waals surface area contributed by atoms with E-state index in [4.69, 9.17) is 23.2 Å². The highest BCUT2D eigenvalue weighted by Gasteiger charge is 2.16. The van der Waals surface area contributed by atoms with Gasteiger partial charge in [0.1, 0.15) is 5.69 Å². The Morgan fingerprint density at radius 3 is 1.72 bits per heavy atom. The summed E-state index contributed by atoms with van der Waals surface area (Å²) < 4.78 is 0. The zero-order chi connectivity index (χ0) is 23.4. The van der Waals surface area contributed by atoms with Crippen LogP contribution in [0.2, 0.25) is 10.0 Å². The number of non-ortho nitro benzene ring substituents is 2. The van der Waals surface area contributed by atoms with Crippen molar-refractivity contribution >= 4 is 57.8 Å². The van der Waals surface area contributed by atoms with Crippen molar-refractivity contribution < 1.29 is 19.4 Å². The fraction of sp³-hybridized carbons (Fsp3) is 0. The third-order valence-electron chi connectivity index (χ3n) is 4.08. The van der Waals surface area contributed by atoms with Gasteiger partial charge in [-0.2, -0.15) is 0 Å². The standard InChI is InChI=1S/C19H11Cl2N5O6/c20-13-4-2-11(25(29)30)7-16(13)23-18(27)10-1-6-15(22-9-10)19(28)24-17-8-12(26(31)32)3-5-14(17)21/h1-9H,(H,23,27)(H,24,28). The van der Waals surface area contributed by atoms with Gasteiger partial charge in [0.25, 0.3) is 23.2 Å². The van der Waals surface area contributed by atoms with Crippen molar-refractivity contribution in [3.8, 4) is 0 Å². The number of benzene rings is 2. The minimum Gasteiger partial charge on any atom is -0.320 e. The molecule has 2 N–H and O–H groups in total. The molecule has 162 valence electrons. The van der Waals surface area contributed by atoms with Crippen molar-refractivity contribution in [2.75, 3.05) is 10.6 Å². The molecule has 0 atom stereocenters. The van der Waals surface area contributed by atoms with E-state index in [0.717, 1.165) is 18.3 Å². The predicted molar refractivity (Wildman–Crippen MR) is 116 cm³/mol. The van der Waals surface area contributed by atoms with Gasteiger partial charge in [0.2, 0.25) is 0 Å². The molecule has 0 saturated heterocycles. The number of nitro groups is 2. The van der Waals surface area contributed by atoms with Gasteiger partial charge < -0.3 is 10.6 Å². The summed E-state index contributed by atoms with van der Waals surface area (Å²) >= 11 is 11.9. The first-order valence-electron chi connectivity index (χ1n) is 8.62. The van der Waals surface area contributed by atoms with Crippen LogP contribution >= 0.6 is 23.2 Å². The van der Waals surface area contributed by atoms with Crippen LogP contribution in [0.15, 0.2) is 54.7 Å². The fourth-order valence-electron chi connectivity index (χ4n) is 2.49. The Bertz CT molecular complexity index is 1150. The lowest BCUT2D eigenvalue weighted by atomic mass is 10.2. The lowest BCUT2D eigenvalue weighted by Crippen LogP contribution is -2.16. The fourth-order valence-corrected chi connectivity index (χ4v) is 2.82. The Hall–Kier alpha value is -4.09. The van der Waals surface area contributed by atoms with Gasteiger partial charge >= 0.3 is 0 Å². The van der Waals surface area contributed by atoms with E-state index >= 15 is 0 Å². The number of nitro benzene ring substituents is 2. The Balaban J connectivity index is 1.74. The number of nitrogens with one attached hydrogen (secondary N) is 2. The van der Waals surface area contributed by atoms with Crippen molar-refractivity contribution in [3.05, 3.63) is 96.3 Å². The van der Waals surface area contributed by atoms with Crippen LogP contribution in [0.25, 0.3) is 0 Å². The molecule has 32 heavy (non-hydrogen) atoms. The van der Waals surface area contributed by atoms with E-state index in [9.17, 15) is 29.8 Å². The molecule has 13 heteroatoms. The number of halogens is 2. The predicted octanol–water partition coefficient (Wildman–Crippen LogP) is 4.71. The average Bonchev–Trinajstić information content (AvgIpc) is 2.76. The van der Waals surface area contributed by atoms with Crippen LogP contribution < -0.4 is 10.6 Å². The quantitative estimate of drug-likeness (QED) is 0.385. The van der Waals surface area contributed by atoms with E-state index in [2.05, 4.69) is 15.6 Å². The summed E-state index contributed by atoms with van der Waals surface area (Å²) in [5, 5.41) is 26.8. The summed E-state index contributed by atoms with van der Waals surface area (Å²) in [7, 11) is 0. The first-order chi connectivity index (χ1) is 15.2. The van der Waals surface area contributed by atoms with E-state index in [0.29, 0.717) is 0 Å². The highest BCUT2D eigenvalue weighted by molar-refractivity contribution is 6.34. The van der Waals surface area contributed by atoms with Crippen molar-refractivity contribution in [1.82, 2.24) is 4.98 Å². The molecule has 11 nitrogen and oxygen atoms in total. The molecule has 0 bridgehead atoms. The number of pyridine rings is 1. The zero-order valence-electron chi connectivity index (χ0n) is 15.7. The summed E-state index contributed by atoms with van der Waals surface area (Å²) in [6, 6.07) is 9.71. The number of rotatable bonds is 6. The van der Waals surface area contributed by atoms with Crippen LogP contribution in [-0.2, 0) is 0 Å². The summed E-state index contributed by atoms with van der Waals surface area (Å²) in [5.41, 5.74) is -0.489. The number of carbonyl (C=O) groups is 2. The molecule has 0 aliphatic carbocycles. The largest absolute Gasteiger partial charge is 0.320 e. The van der Waals surface area contributed by atoms with Crippen LogP contribution in [0.3, 0.4) is 0 Å². The molecule has 0 unspecified atom stereocenters. The second kappa shape index (κ2) is 9.37. The molecule has 0 fully saturated rings. The molecular weight excluding hydrogens is 465 g/mol. The minimum absolute atomic E-state index is 0.0230. The van der Waals surface area contributed by atoms with Gasteiger partial charge in [-0.15, -0.1) is 0 Å². The molecule has 2 amide bonds. The molecule has 0 saturated carbocycles. The number of amides is 2. The Labute approximate surface area is 189 Å². The highest BCUT2D eigenvalue weighted by atomic mass is 35.5. The Morgan fingerprint density at radius 2 is 1.28 bits per heavy atom. The number of aromatic nitrogens is 1. The second-order valence-electron chi connectivity index (χ2n) is 6.18. The third kappa shape index (κ3) is 5.14. The molecule has 0 radical (unpaired) electrons. The van der Waals surface area contributed by atoms with Crippen molar-refractivity contribution in [3.63, 3.8) is 0 Å². The third-order valence-corrected chi connectivity index (χ3v) is 4.74. The summed E-state index contributed by atoms with van der Waals surface area (Å²) in [6.07, 6.45) is 1.12. The molecule has 3 aromatic rings. The molecule has 0 aliphatic rings. The van der Waals surface area contributed by atoms with Gasteiger partial charge in [-0.05, 0) is 24.3 Å². The second-order valence-corrected chi connectivity index (χ2v) is 7.00. The minimum atomic E-state index is -0.707. The molecule has 1 heterocycles. The maximum absolute atomic E-state index is 12.4. The van der Waals surface area contributed by atoms with Crippen molar-refractivity contribution in [2.45, 2.75) is 0 Å². The zero-order valence-corrected chi connectivity index (χ0v) is 17.3. The van der Waals surface area contributed by atoms with E-state index in [-0.39, 0.29) is 44.1 Å². The van der Waals surface area contributed by atoms with Gasteiger partial charge in [0.15, 0.2) is 0 Å². The Morgan fingerprint density at radius 1 is 0.781 bits per heavy atom. The molecular formula is C19H11Cl2N5O6. The first-order valence-corrected chi connectivity index (χ1v) is 9.38. The number of hydrogen-bond donors (Lipinski definition) is 2. The van der Waals surface area contributed by atoms with Gasteiger partial charge in [0.05, 0.1) is 36.8 Å². The van der Waals surface area contributed by atoms with E-state index in [1.165, 1.54) is 36.4 Å². The lowest BCUT2D eigenvalue weighted by molar-refractivity contribution is -0.385. The number of nitrogens with zero attached hydrogens (tertiary/aromatic N) is 3.